The molecule has 2 aliphatic rings. The number of aromatic amines is 1. The second kappa shape index (κ2) is 12.5. The Bertz CT molecular complexity index is 2740. The van der Waals surface area contributed by atoms with Gasteiger partial charge in [0.25, 0.3) is 0 Å². The summed E-state index contributed by atoms with van der Waals surface area (Å²) in [6.07, 6.45) is 20.9. The van der Waals surface area contributed by atoms with Crippen LogP contribution in [-0.4, -0.2) is 15.0 Å². The van der Waals surface area contributed by atoms with E-state index in [0.717, 1.165) is 89.5 Å². The lowest BCUT2D eigenvalue weighted by atomic mass is 10.0. The van der Waals surface area contributed by atoms with Crippen LogP contribution in [0.4, 0.5) is 0 Å². The summed E-state index contributed by atoms with van der Waals surface area (Å²) < 4.78 is 13.1. The topological polar surface area (TPSA) is 66.4 Å². The molecule has 0 radical (unpaired) electrons. The van der Waals surface area contributed by atoms with Crippen LogP contribution in [0.1, 0.15) is 28.3 Å². The molecule has 250 valence electrons. The molecule has 9 rings (SSSR count). The lowest BCUT2D eigenvalue weighted by Gasteiger charge is -2.05. The highest BCUT2D eigenvalue weighted by atomic mass is 16.3. The summed E-state index contributed by atoms with van der Waals surface area (Å²) in [6.45, 7) is 2.10. The van der Waals surface area contributed by atoms with Crippen LogP contribution in [0.3, 0.4) is 0 Å². The Labute approximate surface area is 301 Å². The summed E-state index contributed by atoms with van der Waals surface area (Å²) in [4.78, 5) is 14.6. The van der Waals surface area contributed by atoms with Crippen LogP contribution in [0.25, 0.3) is 91.0 Å². The van der Waals surface area contributed by atoms with Gasteiger partial charge in [-0.05, 0) is 79.3 Å². The normalized spacial score (nSPS) is 12.1. The quantitative estimate of drug-likeness (QED) is 0.191. The van der Waals surface area contributed by atoms with E-state index in [0.29, 0.717) is 0 Å². The number of hydrogen-bond acceptors (Lipinski definition) is 3. The van der Waals surface area contributed by atoms with E-state index in [1.165, 1.54) is 5.56 Å². The van der Waals surface area contributed by atoms with E-state index in [-0.39, 0.29) is 0 Å². The van der Waals surface area contributed by atoms with E-state index in [1.54, 1.807) is 0 Å². The molecule has 0 spiro atoms. The van der Waals surface area contributed by atoms with Crippen LogP contribution in [0.15, 0.2) is 127 Å². The minimum absolute atomic E-state index is 0.730. The zero-order valence-corrected chi connectivity index (χ0v) is 29.5. The number of nitrogens with one attached hydrogen (secondary N) is 1. The molecule has 7 heteroatoms. The third-order valence-corrected chi connectivity index (χ3v) is 9.65. The van der Waals surface area contributed by atoms with Gasteiger partial charge in [-0.3, -0.25) is 0 Å². The SMILES string of the molecule is Cc1ccc(-c2c3nc(c(-c4ccc[n+](C)c4)c4ccc([nH]4)c(-c4ccc[n+](C)c4)c4nc(c(-c5ccc[n+](C)c5)c5ccc2o5)C=C4)C=C3)cc1. The first-order chi connectivity index (χ1) is 25.4. The summed E-state index contributed by atoms with van der Waals surface area (Å²) in [7, 11) is 6.12. The Balaban J connectivity index is 1.48. The van der Waals surface area contributed by atoms with Crippen LogP contribution in [0, 0.1) is 6.92 Å². The average molecular weight is 678 g/mol. The van der Waals surface area contributed by atoms with E-state index < -0.39 is 0 Å². The molecule has 0 saturated heterocycles. The first kappa shape index (κ1) is 31.3. The summed E-state index contributed by atoms with van der Waals surface area (Å²) in [5.74, 6) is 0. The number of fused-ring (bicyclic) bond motifs is 8. The highest BCUT2D eigenvalue weighted by Crippen LogP contribution is 2.38. The zero-order valence-electron chi connectivity index (χ0n) is 29.5. The highest BCUT2D eigenvalue weighted by Gasteiger charge is 2.21. The molecule has 0 atom stereocenters. The van der Waals surface area contributed by atoms with E-state index in [2.05, 4.69) is 153 Å². The maximum Gasteiger partial charge on any atom is 0.176 e. The number of benzene rings is 1. The van der Waals surface area contributed by atoms with Crippen LogP contribution in [0.5, 0.6) is 0 Å². The van der Waals surface area contributed by atoms with Gasteiger partial charge in [0.15, 0.2) is 37.2 Å². The van der Waals surface area contributed by atoms with Crippen molar-refractivity contribution in [3.63, 3.8) is 0 Å². The number of rotatable bonds is 4. The van der Waals surface area contributed by atoms with Crippen LogP contribution < -0.4 is 13.7 Å². The van der Waals surface area contributed by atoms with E-state index >= 15 is 0 Å². The standard InChI is InChI=1S/C45H37N6O/c1-29-11-13-30(14-12-29)44-38-19-17-36(47-38)42(31-8-5-23-49(2)26-31)34-15-16-35(46-34)43(32-9-6-24-50(3)27-32)37-18-20-39(48-37)45(41-22-21-40(44)52-41)33-10-7-25-51(4)28-33/h5-28,46H,1-4H3/q+3. The predicted octanol–water partition coefficient (Wildman–Crippen LogP) is 8.37. The summed E-state index contributed by atoms with van der Waals surface area (Å²) in [5, 5.41) is 0. The van der Waals surface area contributed by atoms with Gasteiger partial charge >= 0.3 is 0 Å². The third kappa shape index (κ3) is 5.62. The number of H-pyrrole nitrogens is 1. The molecule has 0 fully saturated rings. The van der Waals surface area contributed by atoms with Crippen LogP contribution >= 0.6 is 0 Å². The molecule has 0 amide bonds. The highest BCUT2D eigenvalue weighted by molar-refractivity contribution is 5.98. The van der Waals surface area contributed by atoms with Crippen molar-refractivity contribution in [2.45, 2.75) is 6.92 Å². The fourth-order valence-corrected chi connectivity index (χ4v) is 7.22. The van der Waals surface area contributed by atoms with Crippen molar-refractivity contribution in [3.05, 3.63) is 150 Å². The molecular formula is C45H37N6O+3. The fraction of sp³-hybridized carbons (Fsp3) is 0.0889. The number of hydrogen-bond donors (Lipinski definition) is 1. The van der Waals surface area contributed by atoms with Gasteiger partial charge in [-0.25, -0.2) is 23.7 Å². The van der Waals surface area contributed by atoms with Gasteiger partial charge in [0, 0.05) is 51.5 Å². The molecule has 8 heterocycles. The van der Waals surface area contributed by atoms with Gasteiger partial charge < -0.3 is 9.40 Å². The zero-order chi connectivity index (χ0) is 35.3. The molecule has 6 aromatic heterocycles. The molecular weight excluding hydrogens is 641 g/mol. The monoisotopic (exact) mass is 677 g/mol. The Morgan fingerprint density at radius 2 is 0.865 bits per heavy atom. The van der Waals surface area contributed by atoms with Crippen molar-refractivity contribution in [1.82, 2.24) is 15.0 Å². The maximum atomic E-state index is 6.91. The largest absolute Gasteiger partial charge is 0.456 e. The summed E-state index contributed by atoms with van der Waals surface area (Å²) in [5.41, 5.74) is 16.0. The molecule has 0 aliphatic carbocycles. The van der Waals surface area contributed by atoms with Gasteiger partial charge in [0.2, 0.25) is 0 Å². The minimum Gasteiger partial charge on any atom is -0.456 e. The molecule has 52 heavy (non-hydrogen) atoms. The molecule has 0 unspecified atom stereocenters. The Morgan fingerprint density at radius 1 is 0.462 bits per heavy atom. The minimum atomic E-state index is 0.730. The molecule has 7 nitrogen and oxygen atoms in total. The first-order valence-electron chi connectivity index (χ1n) is 17.4. The molecule has 8 bridgehead atoms. The Hall–Kier alpha value is -6.73. The number of nitrogens with zero attached hydrogens (tertiary/aromatic N) is 5. The molecule has 2 aliphatic heterocycles. The van der Waals surface area contributed by atoms with Gasteiger partial charge in [0.05, 0.1) is 39.5 Å². The number of aromatic nitrogens is 6. The molecule has 7 aromatic rings. The molecule has 0 saturated carbocycles. The third-order valence-electron chi connectivity index (χ3n) is 9.65. The molecule has 1 N–H and O–H groups in total. The van der Waals surface area contributed by atoms with Crippen LogP contribution in [-0.2, 0) is 21.1 Å². The molecule has 1 aromatic carbocycles. The van der Waals surface area contributed by atoms with E-state index in [1.807, 2.05) is 39.7 Å². The Kier molecular flexibility index (Phi) is 7.55. The number of aryl methyl sites for hydroxylation is 4. The summed E-state index contributed by atoms with van der Waals surface area (Å²) in [6, 6.07) is 29.6. The Morgan fingerprint density at radius 3 is 1.31 bits per heavy atom. The van der Waals surface area contributed by atoms with Crippen LogP contribution in [0.2, 0.25) is 0 Å². The van der Waals surface area contributed by atoms with Gasteiger partial charge in [0.1, 0.15) is 32.3 Å². The fourth-order valence-electron chi connectivity index (χ4n) is 7.22. The van der Waals surface area contributed by atoms with Crippen molar-refractivity contribution < 1.29 is 18.1 Å². The van der Waals surface area contributed by atoms with Crippen molar-refractivity contribution in [2.75, 3.05) is 0 Å². The first-order valence-corrected chi connectivity index (χ1v) is 17.4. The second-order valence-electron chi connectivity index (χ2n) is 13.5. The van der Waals surface area contributed by atoms with Crippen molar-refractivity contribution in [2.24, 2.45) is 21.1 Å². The lowest BCUT2D eigenvalue weighted by molar-refractivity contribution is -0.671. The van der Waals surface area contributed by atoms with E-state index in [9.17, 15) is 0 Å². The van der Waals surface area contributed by atoms with Gasteiger partial charge in [-0.1, -0.05) is 29.8 Å². The van der Waals surface area contributed by atoms with Gasteiger partial charge in [-0.2, -0.15) is 0 Å². The average Bonchev–Trinajstić information content (AvgIpc) is 3.97. The number of furan rings is 1. The summed E-state index contributed by atoms with van der Waals surface area (Å²) >= 11 is 0. The second-order valence-corrected chi connectivity index (χ2v) is 13.5. The van der Waals surface area contributed by atoms with E-state index in [4.69, 9.17) is 14.4 Å². The van der Waals surface area contributed by atoms with Crippen molar-refractivity contribution in [1.29, 1.82) is 0 Å². The number of pyridine rings is 3. The lowest BCUT2D eigenvalue weighted by Crippen LogP contribution is -2.26. The van der Waals surface area contributed by atoms with Gasteiger partial charge in [-0.15, -0.1) is 0 Å². The van der Waals surface area contributed by atoms with Crippen molar-refractivity contribution >= 4 is 46.5 Å². The smallest absolute Gasteiger partial charge is 0.176 e. The predicted molar refractivity (Wildman–Crippen MR) is 207 cm³/mol. The van der Waals surface area contributed by atoms with Crippen molar-refractivity contribution in [3.8, 4) is 44.5 Å². The maximum absolute atomic E-state index is 6.91.